The van der Waals surface area contributed by atoms with Gasteiger partial charge in [-0.2, -0.15) is 0 Å². The number of hydrogen-bond donors (Lipinski definition) is 1. The van der Waals surface area contributed by atoms with Crippen molar-refractivity contribution in [2.45, 2.75) is 26.3 Å². The predicted molar refractivity (Wildman–Crippen MR) is 97.6 cm³/mol. The van der Waals surface area contributed by atoms with Crippen molar-refractivity contribution in [2.75, 3.05) is 26.8 Å². The summed E-state index contributed by atoms with van der Waals surface area (Å²) in [4.78, 5) is 49.2. The highest BCUT2D eigenvalue weighted by Crippen LogP contribution is 2.34. The summed E-state index contributed by atoms with van der Waals surface area (Å²) in [5, 5.41) is 2.84. The van der Waals surface area contributed by atoms with E-state index in [1.165, 1.54) is 7.05 Å². The zero-order chi connectivity index (χ0) is 20.4. The van der Waals surface area contributed by atoms with Crippen molar-refractivity contribution < 1.29 is 28.7 Å². The zero-order valence-corrected chi connectivity index (χ0v) is 16.1. The van der Waals surface area contributed by atoms with E-state index in [0.29, 0.717) is 34.5 Å². The summed E-state index contributed by atoms with van der Waals surface area (Å²) in [6.07, 6.45) is 0.791. The first-order chi connectivity index (χ1) is 13.3. The molecule has 9 heteroatoms. The molecule has 3 rings (SSSR count). The lowest BCUT2D eigenvalue weighted by atomic mass is 9.95. The third kappa shape index (κ3) is 3.78. The van der Waals surface area contributed by atoms with Crippen LogP contribution in [0.15, 0.2) is 18.2 Å². The van der Waals surface area contributed by atoms with E-state index in [4.69, 9.17) is 9.47 Å². The first-order valence-electron chi connectivity index (χ1n) is 9.12. The van der Waals surface area contributed by atoms with Gasteiger partial charge in [-0.15, -0.1) is 0 Å². The molecule has 9 nitrogen and oxygen atoms in total. The van der Waals surface area contributed by atoms with Gasteiger partial charge in [0.2, 0.25) is 5.91 Å². The Labute approximate surface area is 162 Å². The highest BCUT2D eigenvalue weighted by Gasteiger charge is 2.43. The number of likely N-dealkylation sites (N-methyl/N-ethyl adjacent to an activating group) is 1. The van der Waals surface area contributed by atoms with Gasteiger partial charge in [0.15, 0.2) is 11.5 Å². The van der Waals surface area contributed by atoms with E-state index in [-0.39, 0.29) is 12.0 Å². The van der Waals surface area contributed by atoms with E-state index in [9.17, 15) is 19.2 Å². The molecule has 0 spiro atoms. The van der Waals surface area contributed by atoms with Gasteiger partial charge in [0.05, 0.1) is 19.3 Å². The van der Waals surface area contributed by atoms with Crippen LogP contribution in [-0.2, 0) is 14.4 Å². The number of carbonyl (C=O) groups excluding carboxylic acids is 4. The maximum Gasteiger partial charge on any atom is 0.334 e. The number of rotatable bonds is 5. The summed E-state index contributed by atoms with van der Waals surface area (Å²) >= 11 is 0. The summed E-state index contributed by atoms with van der Waals surface area (Å²) in [5.41, 5.74) is 0.819. The molecule has 5 amide bonds. The van der Waals surface area contributed by atoms with Crippen LogP contribution in [0.1, 0.15) is 31.9 Å². The summed E-state index contributed by atoms with van der Waals surface area (Å²) in [7, 11) is 1.20. The number of ether oxygens (including phenoxy) is 2. The van der Waals surface area contributed by atoms with Gasteiger partial charge in [0.25, 0.3) is 0 Å². The fourth-order valence-electron chi connectivity index (χ4n) is 3.12. The van der Waals surface area contributed by atoms with Crippen LogP contribution in [-0.4, -0.2) is 60.4 Å². The van der Waals surface area contributed by atoms with Crippen molar-refractivity contribution in [2.24, 2.45) is 5.92 Å². The first kappa shape index (κ1) is 19.7. The third-order valence-corrected chi connectivity index (χ3v) is 4.67. The van der Waals surface area contributed by atoms with Gasteiger partial charge < -0.3 is 14.8 Å². The summed E-state index contributed by atoms with van der Waals surface area (Å²) < 4.78 is 11.3. The molecule has 1 aromatic carbocycles. The molecule has 1 saturated heterocycles. The SMILES string of the molecule is CC(C)[C@H](NC(=O)CN1C(=O)C(=O)N(C)C1=O)c1ccc2c(c1)OCCCO2. The zero-order valence-electron chi connectivity index (χ0n) is 16.1. The Hall–Kier alpha value is -3.10. The molecule has 0 radical (unpaired) electrons. The lowest BCUT2D eigenvalue weighted by Gasteiger charge is -2.24. The van der Waals surface area contributed by atoms with Crippen molar-refractivity contribution in [3.8, 4) is 11.5 Å². The van der Waals surface area contributed by atoms with Crippen LogP contribution in [0.2, 0.25) is 0 Å². The maximum atomic E-state index is 12.5. The highest BCUT2D eigenvalue weighted by atomic mass is 16.5. The van der Waals surface area contributed by atoms with Crippen LogP contribution >= 0.6 is 0 Å². The van der Waals surface area contributed by atoms with E-state index < -0.39 is 30.3 Å². The largest absolute Gasteiger partial charge is 0.490 e. The van der Waals surface area contributed by atoms with E-state index >= 15 is 0 Å². The molecular formula is C19H23N3O6. The Morgan fingerprint density at radius 3 is 2.39 bits per heavy atom. The van der Waals surface area contributed by atoms with Gasteiger partial charge in [-0.1, -0.05) is 19.9 Å². The maximum absolute atomic E-state index is 12.5. The predicted octanol–water partition coefficient (Wildman–Crippen LogP) is 1.08. The molecular weight excluding hydrogens is 366 g/mol. The molecule has 0 bridgehead atoms. The van der Waals surface area contributed by atoms with Gasteiger partial charge in [0, 0.05) is 13.5 Å². The minimum atomic E-state index is -1.00. The number of amides is 5. The minimum absolute atomic E-state index is 0.0305. The normalized spacial score (nSPS) is 17.8. The number of nitrogens with zero attached hydrogens (tertiary/aromatic N) is 2. The molecule has 28 heavy (non-hydrogen) atoms. The summed E-state index contributed by atoms with van der Waals surface area (Å²) in [6, 6.07) is 4.31. The van der Waals surface area contributed by atoms with Crippen LogP contribution < -0.4 is 14.8 Å². The fraction of sp³-hybridized carbons (Fsp3) is 0.474. The quantitative estimate of drug-likeness (QED) is 0.597. The van der Waals surface area contributed by atoms with E-state index in [1.807, 2.05) is 26.0 Å². The Kier molecular flexibility index (Phi) is 5.53. The van der Waals surface area contributed by atoms with Crippen LogP contribution in [0.25, 0.3) is 0 Å². The molecule has 0 aromatic heterocycles. The van der Waals surface area contributed by atoms with Crippen molar-refractivity contribution in [1.29, 1.82) is 0 Å². The van der Waals surface area contributed by atoms with Crippen molar-refractivity contribution in [3.05, 3.63) is 23.8 Å². The fourth-order valence-corrected chi connectivity index (χ4v) is 3.12. The number of benzene rings is 1. The number of urea groups is 1. The molecule has 1 atom stereocenters. The third-order valence-electron chi connectivity index (χ3n) is 4.67. The highest BCUT2D eigenvalue weighted by molar-refractivity contribution is 6.44. The Morgan fingerprint density at radius 2 is 1.79 bits per heavy atom. The number of imide groups is 2. The monoisotopic (exact) mass is 389 g/mol. The second-order valence-corrected chi connectivity index (χ2v) is 7.08. The Morgan fingerprint density at radius 1 is 1.11 bits per heavy atom. The van der Waals surface area contributed by atoms with Crippen molar-refractivity contribution in [3.63, 3.8) is 0 Å². The van der Waals surface area contributed by atoms with Gasteiger partial charge in [-0.3, -0.25) is 19.3 Å². The Bertz CT molecular complexity index is 822. The molecule has 0 aliphatic carbocycles. The number of nitrogens with one attached hydrogen (secondary N) is 1. The van der Waals surface area contributed by atoms with E-state index in [1.54, 1.807) is 6.07 Å². The molecule has 150 valence electrons. The molecule has 2 heterocycles. The van der Waals surface area contributed by atoms with E-state index in [2.05, 4.69) is 5.32 Å². The molecule has 2 aliphatic heterocycles. The van der Waals surface area contributed by atoms with Crippen LogP contribution in [0, 0.1) is 5.92 Å². The number of hydrogen-bond acceptors (Lipinski definition) is 6. The average molecular weight is 389 g/mol. The van der Waals surface area contributed by atoms with Gasteiger partial charge in [0.1, 0.15) is 6.54 Å². The molecule has 1 fully saturated rings. The smallest absolute Gasteiger partial charge is 0.334 e. The van der Waals surface area contributed by atoms with Gasteiger partial charge in [-0.25, -0.2) is 9.69 Å². The second-order valence-electron chi connectivity index (χ2n) is 7.08. The second kappa shape index (κ2) is 7.87. The van der Waals surface area contributed by atoms with Gasteiger partial charge in [-0.05, 0) is 23.6 Å². The molecule has 0 saturated carbocycles. The number of fused-ring (bicyclic) bond motifs is 1. The molecule has 2 aliphatic rings. The van der Waals surface area contributed by atoms with Gasteiger partial charge >= 0.3 is 17.8 Å². The average Bonchev–Trinajstić information content (AvgIpc) is 2.86. The van der Waals surface area contributed by atoms with Crippen LogP contribution in [0.5, 0.6) is 11.5 Å². The lowest BCUT2D eigenvalue weighted by molar-refractivity contribution is -0.143. The minimum Gasteiger partial charge on any atom is -0.490 e. The summed E-state index contributed by atoms with van der Waals surface area (Å²) in [5.74, 6) is -1.17. The lowest BCUT2D eigenvalue weighted by Crippen LogP contribution is -2.43. The molecule has 1 N–H and O–H groups in total. The van der Waals surface area contributed by atoms with E-state index in [0.717, 1.165) is 12.0 Å². The van der Waals surface area contributed by atoms with Crippen LogP contribution in [0.3, 0.4) is 0 Å². The van der Waals surface area contributed by atoms with Crippen molar-refractivity contribution in [1.82, 2.24) is 15.1 Å². The first-order valence-corrected chi connectivity index (χ1v) is 9.12. The molecule has 1 aromatic rings. The van der Waals surface area contributed by atoms with Crippen LogP contribution in [0.4, 0.5) is 4.79 Å². The summed E-state index contributed by atoms with van der Waals surface area (Å²) in [6.45, 7) is 4.51. The molecule has 0 unspecified atom stereocenters. The van der Waals surface area contributed by atoms with Crippen molar-refractivity contribution >= 4 is 23.8 Å². The number of carbonyl (C=O) groups is 4. The standard InChI is InChI=1S/C19H23N3O6/c1-11(2)16(12-5-6-13-14(9-12)28-8-4-7-27-13)20-15(23)10-22-18(25)17(24)21(3)19(22)26/h5-6,9,11,16H,4,7-8,10H2,1-3H3,(H,20,23)/t16-/m0/s1. The Balaban J connectivity index is 1.74. The topological polar surface area (TPSA) is 105 Å².